The largest absolute Gasteiger partial charge is 0.389 e. The van der Waals surface area contributed by atoms with Gasteiger partial charge in [0.1, 0.15) is 16.6 Å². The van der Waals surface area contributed by atoms with Gasteiger partial charge in [0.25, 0.3) is 0 Å². The van der Waals surface area contributed by atoms with Crippen molar-refractivity contribution in [3.05, 3.63) is 41.5 Å². The monoisotopic (exact) mass is 281 g/mol. The summed E-state index contributed by atoms with van der Waals surface area (Å²) in [5.74, 6) is 0. The molecule has 0 aliphatic rings. The normalized spacial score (nSPS) is 10.2. The van der Waals surface area contributed by atoms with Crippen molar-refractivity contribution in [1.29, 1.82) is 10.5 Å². The fourth-order valence-electron chi connectivity index (χ4n) is 1.86. The van der Waals surface area contributed by atoms with Crippen LogP contribution in [-0.2, 0) is 0 Å². The van der Waals surface area contributed by atoms with E-state index in [2.05, 4.69) is 12.1 Å². The minimum absolute atomic E-state index is 0.574. The Morgan fingerprint density at radius 1 is 1.00 bits per heavy atom. The molecule has 3 nitrogen and oxygen atoms in total. The molecule has 0 unspecified atom stereocenters. The maximum Gasteiger partial charge on any atom is 0.106 e. The highest BCUT2D eigenvalue weighted by molar-refractivity contribution is 7.31. The van der Waals surface area contributed by atoms with Crippen LogP contribution < -0.4 is 5.73 Å². The van der Waals surface area contributed by atoms with Gasteiger partial charge >= 0.3 is 0 Å². The van der Waals surface area contributed by atoms with Gasteiger partial charge in [-0.1, -0.05) is 12.1 Å². The molecule has 0 amide bonds. The summed E-state index contributed by atoms with van der Waals surface area (Å²) in [4.78, 5) is 1.09. The number of rotatable bonds is 1. The second-order valence-electron chi connectivity index (χ2n) is 3.95. The molecule has 0 aliphatic carbocycles. The van der Waals surface area contributed by atoms with E-state index in [-0.39, 0.29) is 0 Å². The molecule has 2 N–H and O–H groups in total. The zero-order valence-electron chi connectivity index (χ0n) is 9.68. The zero-order valence-corrected chi connectivity index (χ0v) is 11.3. The predicted octanol–water partition coefficient (Wildman–Crippen LogP) is 3.96. The SMILES string of the molecule is N#Cc1ccc(-c2cc3sc(N)c(C#N)c3s2)cc1. The van der Waals surface area contributed by atoms with Crippen molar-refractivity contribution in [2.24, 2.45) is 0 Å². The lowest BCUT2D eigenvalue weighted by Gasteiger charge is -1.96. The van der Waals surface area contributed by atoms with E-state index < -0.39 is 0 Å². The molecule has 0 aliphatic heterocycles. The average Bonchev–Trinajstić information content (AvgIpc) is 2.95. The van der Waals surface area contributed by atoms with Gasteiger partial charge in [-0.25, -0.2) is 0 Å². The quantitative estimate of drug-likeness (QED) is 0.733. The Morgan fingerprint density at radius 2 is 1.74 bits per heavy atom. The van der Waals surface area contributed by atoms with Gasteiger partial charge < -0.3 is 5.73 Å². The molecule has 19 heavy (non-hydrogen) atoms. The molecule has 0 spiro atoms. The van der Waals surface area contributed by atoms with Crippen LogP contribution >= 0.6 is 22.7 Å². The van der Waals surface area contributed by atoms with Crippen LogP contribution in [0.1, 0.15) is 11.1 Å². The van der Waals surface area contributed by atoms with Crippen molar-refractivity contribution in [1.82, 2.24) is 0 Å². The highest BCUT2D eigenvalue weighted by atomic mass is 32.1. The number of benzene rings is 1. The molecule has 5 heteroatoms. The number of nitrogens with zero attached hydrogens (tertiary/aromatic N) is 2. The number of nitriles is 2. The lowest BCUT2D eigenvalue weighted by Crippen LogP contribution is -1.81. The van der Waals surface area contributed by atoms with Gasteiger partial charge in [-0.2, -0.15) is 10.5 Å². The molecule has 3 aromatic rings. The zero-order chi connectivity index (χ0) is 13.4. The Balaban J connectivity index is 2.13. The van der Waals surface area contributed by atoms with Crippen LogP contribution in [0, 0.1) is 22.7 Å². The Kier molecular flexibility index (Phi) is 2.72. The van der Waals surface area contributed by atoms with Crippen molar-refractivity contribution in [2.45, 2.75) is 0 Å². The first-order valence-electron chi connectivity index (χ1n) is 5.45. The third kappa shape index (κ3) is 1.86. The van der Waals surface area contributed by atoms with E-state index in [1.165, 1.54) is 11.3 Å². The highest BCUT2D eigenvalue weighted by Crippen LogP contribution is 2.42. The van der Waals surface area contributed by atoms with E-state index in [1.807, 2.05) is 18.2 Å². The maximum atomic E-state index is 9.10. The second kappa shape index (κ2) is 4.40. The summed E-state index contributed by atoms with van der Waals surface area (Å²) in [5, 5.41) is 18.5. The van der Waals surface area contributed by atoms with Gasteiger partial charge in [0, 0.05) is 9.58 Å². The first-order valence-corrected chi connectivity index (χ1v) is 7.08. The molecular weight excluding hydrogens is 274 g/mol. The molecule has 0 saturated heterocycles. The minimum Gasteiger partial charge on any atom is -0.389 e. The molecule has 0 bridgehead atoms. The average molecular weight is 281 g/mol. The standard InChI is InChI=1S/C14H7N3S2/c15-6-8-1-3-9(4-2-8)11-5-12-13(18-11)10(7-16)14(17)19-12/h1-5H,17H2. The van der Waals surface area contributed by atoms with E-state index in [9.17, 15) is 0 Å². The number of nitrogen functional groups attached to an aromatic ring is 1. The van der Waals surface area contributed by atoms with Crippen LogP contribution in [0.2, 0.25) is 0 Å². The number of anilines is 1. The summed E-state index contributed by atoms with van der Waals surface area (Å²) in [6.07, 6.45) is 0. The molecule has 2 aromatic heterocycles. The van der Waals surface area contributed by atoms with E-state index in [4.69, 9.17) is 16.3 Å². The fraction of sp³-hybridized carbons (Fsp3) is 0. The van der Waals surface area contributed by atoms with Crippen molar-refractivity contribution >= 4 is 37.1 Å². The summed E-state index contributed by atoms with van der Waals surface area (Å²) in [6.45, 7) is 0. The van der Waals surface area contributed by atoms with Crippen LogP contribution in [-0.4, -0.2) is 0 Å². The van der Waals surface area contributed by atoms with Crippen LogP contribution in [0.25, 0.3) is 19.8 Å². The van der Waals surface area contributed by atoms with Crippen molar-refractivity contribution in [2.75, 3.05) is 5.73 Å². The minimum atomic E-state index is 0.574. The molecule has 0 atom stereocenters. The first kappa shape index (κ1) is 11.7. The molecule has 90 valence electrons. The van der Waals surface area contributed by atoms with Crippen LogP contribution in [0.5, 0.6) is 0 Å². The smallest absolute Gasteiger partial charge is 0.106 e. The number of fused-ring (bicyclic) bond motifs is 1. The lowest BCUT2D eigenvalue weighted by molar-refractivity contribution is 1.49. The van der Waals surface area contributed by atoms with Gasteiger partial charge in [-0.15, -0.1) is 22.7 Å². The summed E-state index contributed by atoms with van der Waals surface area (Å²) in [7, 11) is 0. The Labute approximate surface area is 117 Å². The highest BCUT2D eigenvalue weighted by Gasteiger charge is 2.13. The van der Waals surface area contributed by atoms with Crippen LogP contribution in [0.4, 0.5) is 5.00 Å². The third-order valence-electron chi connectivity index (χ3n) is 2.80. The third-order valence-corrected chi connectivity index (χ3v) is 5.10. The number of hydrogen-bond acceptors (Lipinski definition) is 5. The van der Waals surface area contributed by atoms with E-state index in [0.717, 1.165) is 19.8 Å². The van der Waals surface area contributed by atoms with Crippen LogP contribution in [0.15, 0.2) is 30.3 Å². The van der Waals surface area contributed by atoms with Crippen molar-refractivity contribution in [3.8, 4) is 22.6 Å². The Hall–Kier alpha value is -2.34. The van der Waals surface area contributed by atoms with E-state index in [1.54, 1.807) is 23.5 Å². The molecule has 0 saturated carbocycles. The first-order chi connectivity index (χ1) is 9.22. The van der Waals surface area contributed by atoms with Gasteiger partial charge in [0.2, 0.25) is 0 Å². The molecule has 3 rings (SSSR count). The number of nitrogens with two attached hydrogens (primary N) is 1. The molecule has 0 radical (unpaired) electrons. The van der Waals surface area contributed by atoms with E-state index in [0.29, 0.717) is 16.1 Å². The van der Waals surface area contributed by atoms with Gasteiger partial charge in [0.15, 0.2) is 0 Å². The fourth-order valence-corrected chi connectivity index (χ4v) is 4.18. The second-order valence-corrected chi connectivity index (χ2v) is 6.08. The van der Waals surface area contributed by atoms with E-state index >= 15 is 0 Å². The molecular formula is C14H7N3S2. The van der Waals surface area contributed by atoms with Gasteiger partial charge in [-0.05, 0) is 23.8 Å². The number of thiophene rings is 2. The van der Waals surface area contributed by atoms with Crippen molar-refractivity contribution in [3.63, 3.8) is 0 Å². The summed E-state index contributed by atoms with van der Waals surface area (Å²) >= 11 is 3.00. The number of hydrogen-bond donors (Lipinski definition) is 1. The lowest BCUT2D eigenvalue weighted by atomic mass is 10.1. The summed E-state index contributed by atoms with van der Waals surface area (Å²) < 4.78 is 1.99. The summed E-state index contributed by atoms with van der Waals surface area (Å²) in [6, 6.07) is 13.7. The maximum absolute atomic E-state index is 9.10. The summed E-state index contributed by atoms with van der Waals surface area (Å²) in [5.41, 5.74) is 8.07. The Bertz CT molecular complexity index is 842. The van der Waals surface area contributed by atoms with Crippen molar-refractivity contribution < 1.29 is 0 Å². The topological polar surface area (TPSA) is 73.6 Å². The predicted molar refractivity (Wildman–Crippen MR) is 79.0 cm³/mol. The van der Waals surface area contributed by atoms with Gasteiger partial charge in [0.05, 0.1) is 16.3 Å². The van der Waals surface area contributed by atoms with Gasteiger partial charge in [-0.3, -0.25) is 0 Å². The Morgan fingerprint density at radius 3 is 2.37 bits per heavy atom. The van der Waals surface area contributed by atoms with Crippen LogP contribution in [0.3, 0.4) is 0 Å². The molecule has 1 aromatic carbocycles. The molecule has 0 fully saturated rings. The molecule has 2 heterocycles.